The molecule has 28 heteroatoms. The van der Waals surface area contributed by atoms with Crippen molar-refractivity contribution in [2.24, 2.45) is 23.7 Å². The third kappa shape index (κ3) is 22.7. The average Bonchev–Trinajstić information content (AvgIpc) is 1.64. The summed E-state index contributed by atoms with van der Waals surface area (Å²) in [5.74, 6) is -5.29. The van der Waals surface area contributed by atoms with Gasteiger partial charge in [-0.3, -0.25) is 39.4 Å². The maximum absolute atomic E-state index is 13.7. The van der Waals surface area contributed by atoms with Gasteiger partial charge in [-0.1, -0.05) is 118 Å². The highest BCUT2D eigenvalue weighted by molar-refractivity contribution is 5.97. The van der Waals surface area contributed by atoms with Crippen LogP contribution in [0.3, 0.4) is 0 Å². The molecule has 0 unspecified atom stereocenters. The summed E-state index contributed by atoms with van der Waals surface area (Å²) >= 11 is 0. The van der Waals surface area contributed by atoms with Crippen LogP contribution in [0.25, 0.3) is 10.8 Å². The Bertz CT molecular complexity index is 3930. The summed E-state index contributed by atoms with van der Waals surface area (Å²) in [5, 5.41) is 33.2. The topological polar surface area (TPSA) is 381 Å². The number of anilines is 2. The quantitative estimate of drug-likeness (QED) is 0.0648. The number of pyridine rings is 2. The predicted molar refractivity (Wildman–Crippen MR) is 362 cm³/mol. The number of nitrogens with one attached hydrogen (secondary N) is 4. The van der Waals surface area contributed by atoms with Crippen molar-refractivity contribution in [3.63, 3.8) is 0 Å². The number of Topliss-reactive ketones (excluding diaryl/α,β-unsaturated/α-hetero) is 2. The van der Waals surface area contributed by atoms with Gasteiger partial charge in [-0.25, -0.2) is 39.1 Å². The number of aromatic nitrogens is 4. The Balaban J connectivity index is 0.000000255. The lowest BCUT2D eigenvalue weighted by molar-refractivity contribution is -0.160. The lowest BCUT2D eigenvalue weighted by Crippen LogP contribution is -2.44. The van der Waals surface area contributed by atoms with Crippen molar-refractivity contribution in [1.29, 1.82) is 0 Å². The predicted octanol–water partition coefficient (Wildman–Crippen LogP) is 7.47. The number of fused-ring (bicyclic) bond motifs is 7. The molecule has 6 amide bonds. The smallest absolute Gasteiger partial charge is 0.412 e. The first-order valence-electron chi connectivity index (χ1n) is 33.0. The molecule has 100 heavy (non-hydrogen) atoms. The minimum absolute atomic E-state index is 0.0172. The maximum Gasteiger partial charge on any atom is 0.412 e. The third-order valence-corrected chi connectivity index (χ3v) is 16.6. The number of amides is 6. The first kappa shape index (κ1) is 75.0. The molecule has 9 rings (SSSR count). The van der Waals surface area contributed by atoms with E-state index in [1.54, 1.807) is 108 Å². The third-order valence-electron chi connectivity index (χ3n) is 16.6. The monoisotopic (exact) mass is 1380 g/mol. The number of oxazole rings is 2. The zero-order valence-electron chi connectivity index (χ0n) is 56.5. The van der Waals surface area contributed by atoms with Gasteiger partial charge in [0.1, 0.15) is 60.0 Å². The van der Waals surface area contributed by atoms with Crippen LogP contribution in [0.2, 0.25) is 0 Å². The largest absolute Gasteiger partial charge is 0.460 e. The summed E-state index contributed by atoms with van der Waals surface area (Å²) in [4.78, 5) is 149. The number of aliphatic hydroxyl groups is 2. The highest BCUT2D eigenvalue weighted by atomic mass is 16.6. The number of rotatable bonds is 8. The molecular formula is C72H84N10O18. The highest BCUT2D eigenvalue weighted by Crippen LogP contribution is 2.29. The van der Waals surface area contributed by atoms with E-state index in [9.17, 15) is 58.2 Å². The number of hydrogen-bond acceptors (Lipinski definition) is 22. The molecule has 0 radical (unpaired) electrons. The summed E-state index contributed by atoms with van der Waals surface area (Å²) in [6.45, 7) is 11.2. The van der Waals surface area contributed by atoms with E-state index in [4.69, 9.17) is 27.8 Å². The lowest BCUT2D eigenvalue weighted by Gasteiger charge is -2.30. The summed E-state index contributed by atoms with van der Waals surface area (Å²) in [5.41, 5.74) is 1.25. The van der Waals surface area contributed by atoms with Crippen molar-refractivity contribution in [3.05, 3.63) is 169 Å². The molecule has 6 N–H and O–H groups in total. The zero-order valence-corrected chi connectivity index (χ0v) is 56.5. The van der Waals surface area contributed by atoms with Gasteiger partial charge in [0, 0.05) is 80.5 Å². The van der Waals surface area contributed by atoms with E-state index in [0.29, 0.717) is 48.5 Å². The molecule has 5 aromatic rings. The van der Waals surface area contributed by atoms with Crippen molar-refractivity contribution in [2.45, 2.75) is 129 Å². The maximum atomic E-state index is 13.7. The van der Waals surface area contributed by atoms with Gasteiger partial charge in [-0.2, -0.15) is 0 Å². The van der Waals surface area contributed by atoms with Gasteiger partial charge in [0.2, 0.25) is 23.6 Å². The first-order valence-corrected chi connectivity index (χ1v) is 33.0. The molecule has 10 atom stereocenters. The number of allylic oxidation sites excluding steroid dienone is 4. The molecule has 4 aromatic heterocycles. The lowest BCUT2D eigenvalue weighted by atomic mass is 9.93. The number of ketones is 2. The van der Waals surface area contributed by atoms with Crippen LogP contribution in [-0.2, 0) is 60.6 Å². The number of benzene rings is 1. The molecule has 0 aliphatic carbocycles. The van der Waals surface area contributed by atoms with Crippen molar-refractivity contribution >= 4 is 81.7 Å². The van der Waals surface area contributed by atoms with E-state index in [-0.39, 0.29) is 106 Å². The van der Waals surface area contributed by atoms with Gasteiger partial charge in [0.15, 0.2) is 11.4 Å². The molecule has 0 spiro atoms. The molecule has 4 aliphatic heterocycles. The van der Waals surface area contributed by atoms with Crippen molar-refractivity contribution in [2.75, 3.05) is 50.0 Å². The van der Waals surface area contributed by atoms with Crippen LogP contribution >= 0.6 is 0 Å². The fourth-order valence-corrected chi connectivity index (χ4v) is 11.6. The number of nitrogens with zero attached hydrogens (tertiary/aromatic N) is 6. The van der Waals surface area contributed by atoms with Gasteiger partial charge < -0.3 is 58.4 Å². The number of carbonyl (C=O) groups excluding carboxylic acids is 10. The number of cyclic esters (lactones) is 2. The van der Waals surface area contributed by atoms with Gasteiger partial charge in [0.05, 0.1) is 38.3 Å². The second-order valence-corrected chi connectivity index (χ2v) is 24.9. The number of ether oxygens (including phenoxy) is 4. The number of esters is 2. The molecule has 4 bridgehead atoms. The van der Waals surface area contributed by atoms with Crippen LogP contribution < -0.4 is 21.3 Å². The molecule has 2 saturated heterocycles. The van der Waals surface area contributed by atoms with Crippen LogP contribution in [0.1, 0.15) is 113 Å². The second kappa shape index (κ2) is 36.7. The number of hydrogen-bond donors (Lipinski definition) is 6. The van der Waals surface area contributed by atoms with Crippen LogP contribution in [0, 0.1) is 23.7 Å². The van der Waals surface area contributed by atoms with E-state index in [0.717, 1.165) is 23.3 Å². The van der Waals surface area contributed by atoms with Crippen molar-refractivity contribution in [1.82, 2.24) is 40.4 Å². The fraction of sp³-hybridized carbons (Fsp3) is 0.417. The Labute approximate surface area is 577 Å². The van der Waals surface area contributed by atoms with Gasteiger partial charge in [0.25, 0.3) is 11.8 Å². The first-order chi connectivity index (χ1) is 48.0. The highest BCUT2D eigenvalue weighted by Gasteiger charge is 2.41. The Morgan fingerprint density at radius 2 is 1.08 bits per heavy atom. The standard InChI is InChI=1S/C38H43N5O9.C34H41N5O9/c1-23-8-6-14-39-33(46)13-12-24(2)35(25(3)21-51-38(49)42-32-17-26-9-4-5-10-27(26)20-40-32)52-37(48)31-11-7-15-43(31)36(47)30-22-50-34(41-30)19-29(45)18-28(44)16-23;1-21-8-6-14-36-29(42)12-11-22(2)31(23(3)19-47-34(45)38-28-10-4-5-13-35-28)48-33(44)27-9-7-15-39(27)32(43)26-20-46-30(37-26)18-25(41)17-24(40)16-21/h4-6,8-10,12-13,16-17,20,22,24-25,28,31,35,44H,7,11,14-15,18-19,21H2,1-3H3,(H,39,46)(H,40,42,49);4-6,8,10-13,16,20,22-24,27,31,40H,7,9,14-15,17-19H2,1-3H3,(H,36,42)(H,35,38,45)/b8-6?,13-12+,23-16?;8-6?,12-11+,21-16?/t24-,25+,28-,31-,35+;22-,23+,24-,27-,31+/m11/s1. The van der Waals surface area contributed by atoms with Crippen molar-refractivity contribution < 1.29 is 85.9 Å². The zero-order chi connectivity index (χ0) is 71.8. The molecule has 4 aliphatic rings. The molecule has 530 valence electrons. The minimum atomic E-state index is -1.05. The number of carbonyl (C=O) groups is 10. The molecule has 8 heterocycles. The summed E-state index contributed by atoms with van der Waals surface area (Å²) in [6.07, 6.45) is 16.9. The van der Waals surface area contributed by atoms with Crippen LogP contribution in [-0.4, -0.2) is 175 Å². The van der Waals surface area contributed by atoms with Crippen LogP contribution in [0.4, 0.5) is 21.2 Å². The number of aliphatic hydroxyl groups excluding tert-OH is 2. The second-order valence-electron chi connectivity index (χ2n) is 24.9. The van der Waals surface area contributed by atoms with E-state index in [1.807, 2.05) is 24.3 Å². The van der Waals surface area contributed by atoms with Crippen molar-refractivity contribution in [3.8, 4) is 0 Å². The van der Waals surface area contributed by atoms with Gasteiger partial charge in [-0.05, 0) is 75.3 Å². The van der Waals surface area contributed by atoms with Crippen LogP contribution in [0.15, 0.2) is 154 Å². The molecule has 0 saturated carbocycles. The summed E-state index contributed by atoms with van der Waals surface area (Å²) in [7, 11) is 0. The van der Waals surface area contributed by atoms with E-state index >= 15 is 0 Å². The van der Waals surface area contributed by atoms with Gasteiger partial charge in [-0.15, -0.1) is 0 Å². The Kier molecular flexibility index (Phi) is 27.6. The molecule has 28 nitrogen and oxygen atoms in total. The normalized spacial score (nSPS) is 24.0. The summed E-state index contributed by atoms with van der Waals surface area (Å²) in [6, 6.07) is 12.5. The van der Waals surface area contributed by atoms with E-state index < -0.39 is 102 Å². The Hall–Kier alpha value is -10.7. The minimum Gasteiger partial charge on any atom is -0.460 e. The SMILES string of the molecule is CC1=C[C@@H](O)CC(=O)Cc2nc(co2)C(=O)N2CCC[C@@H]2C(=O)O[C@H]([C@@H](C)COC(=O)Nc2cc3ccccc3cn2)[C@H](C)/C=C/C(=O)NCC=C1.CC1=C[C@@H](O)CC(=O)Cc2nc(co2)C(=O)N2CCC[C@@H]2C(=O)O[C@H]([C@@H](C)COC(=O)Nc2ccccn2)[C@H](C)/C=C/C(=O)NCC=C1. The summed E-state index contributed by atoms with van der Waals surface area (Å²) < 4.78 is 33.8. The average molecular weight is 1380 g/mol. The van der Waals surface area contributed by atoms with E-state index in [2.05, 4.69) is 41.2 Å². The van der Waals surface area contributed by atoms with E-state index in [1.165, 1.54) is 40.3 Å². The Morgan fingerprint density at radius 1 is 0.620 bits per heavy atom. The van der Waals surface area contributed by atoms with Gasteiger partial charge >= 0.3 is 24.1 Å². The fourth-order valence-electron chi connectivity index (χ4n) is 11.6. The van der Waals surface area contributed by atoms with Crippen LogP contribution in [0.5, 0.6) is 0 Å². The Morgan fingerprint density at radius 3 is 1.55 bits per heavy atom. The molecule has 2 fully saturated rings. The molecule has 1 aromatic carbocycles. The molecular weight excluding hydrogens is 1290 g/mol.